The van der Waals surface area contributed by atoms with Crippen molar-refractivity contribution in [1.82, 2.24) is 24.1 Å². The van der Waals surface area contributed by atoms with Crippen LogP contribution in [-0.2, 0) is 19.5 Å². The number of fused-ring (bicyclic) bond motifs is 5. The predicted molar refractivity (Wildman–Crippen MR) is 141 cm³/mol. The minimum absolute atomic E-state index is 0.107. The lowest BCUT2D eigenvalue weighted by molar-refractivity contribution is 0.174. The number of hydrogen-bond donors (Lipinski definition) is 0. The molecule has 3 aromatic carbocycles. The average Bonchev–Trinajstić information content (AvgIpc) is 3.52. The van der Waals surface area contributed by atoms with Crippen molar-refractivity contribution in [3.05, 3.63) is 100 Å². The van der Waals surface area contributed by atoms with Crippen LogP contribution in [0.25, 0.3) is 33.2 Å². The van der Waals surface area contributed by atoms with Crippen molar-refractivity contribution >= 4 is 33.2 Å². The Morgan fingerprint density at radius 2 is 1.49 bits per heavy atom. The lowest BCUT2D eigenvalue weighted by atomic mass is 10.2. The Bertz CT molecular complexity index is 1870. The van der Waals surface area contributed by atoms with Gasteiger partial charge in [0.1, 0.15) is 16.7 Å². The van der Waals surface area contributed by atoms with Gasteiger partial charge in [0.05, 0.1) is 24.1 Å². The molecule has 0 spiro atoms. The topological polar surface area (TPSA) is 84.1 Å². The predicted octanol–water partition coefficient (Wildman–Crippen LogP) is 4.68. The maximum absolute atomic E-state index is 14.1. The van der Waals surface area contributed by atoms with Gasteiger partial charge in [-0.25, -0.2) is 15.0 Å². The zero-order chi connectivity index (χ0) is 24.9. The first kappa shape index (κ1) is 21.6. The molecule has 37 heavy (non-hydrogen) atoms. The molecule has 8 nitrogen and oxygen atoms in total. The van der Waals surface area contributed by atoms with Crippen molar-refractivity contribution in [2.75, 3.05) is 6.79 Å². The SMILES string of the molecule is CCc1nc2c(c(=O)n1Cc1ccccc1)c1nc3ccccc3nc1n2Cc1ccc2c(c1)OCO2. The van der Waals surface area contributed by atoms with E-state index in [1.165, 1.54) is 0 Å². The van der Waals surface area contributed by atoms with E-state index in [0.717, 1.165) is 33.7 Å². The van der Waals surface area contributed by atoms with E-state index in [9.17, 15) is 4.79 Å². The van der Waals surface area contributed by atoms with Crippen LogP contribution in [0, 0.1) is 0 Å². The van der Waals surface area contributed by atoms with E-state index in [1.54, 1.807) is 4.57 Å². The van der Waals surface area contributed by atoms with Crippen LogP contribution in [0.1, 0.15) is 23.9 Å². The van der Waals surface area contributed by atoms with Crippen molar-refractivity contribution < 1.29 is 9.47 Å². The molecule has 182 valence electrons. The van der Waals surface area contributed by atoms with E-state index in [-0.39, 0.29) is 12.4 Å². The van der Waals surface area contributed by atoms with Gasteiger partial charge >= 0.3 is 0 Å². The first-order valence-electron chi connectivity index (χ1n) is 12.3. The summed E-state index contributed by atoms with van der Waals surface area (Å²) in [6.07, 6.45) is 0.617. The van der Waals surface area contributed by atoms with Crippen molar-refractivity contribution in [1.29, 1.82) is 0 Å². The summed E-state index contributed by atoms with van der Waals surface area (Å²) in [5.74, 6) is 2.16. The molecule has 1 aliphatic heterocycles. The van der Waals surface area contributed by atoms with E-state index in [1.807, 2.05) is 84.3 Å². The van der Waals surface area contributed by atoms with E-state index in [2.05, 4.69) is 0 Å². The molecule has 0 N–H and O–H groups in total. The molecular formula is C29H23N5O3. The molecule has 0 saturated carbocycles. The largest absolute Gasteiger partial charge is 0.454 e. The zero-order valence-corrected chi connectivity index (χ0v) is 20.2. The number of rotatable bonds is 5. The van der Waals surface area contributed by atoms with E-state index in [0.29, 0.717) is 47.5 Å². The van der Waals surface area contributed by atoms with Crippen molar-refractivity contribution in [2.45, 2.75) is 26.4 Å². The summed E-state index contributed by atoms with van der Waals surface area (Å²) in [5, 5.41) is 0.488. The maximum Gasteiger partial charge on any atom is 0.265 e. The van der Waals surface area contributed by atoms with Crippen LogP contribution in [0.3, 0.4) is 0 Å². The first-order valence-corrected chi connectivity index (χ1v) is 12.3. The fraction of sp³-hybridized carbons (Fsp3) is 0.172. The number of benzene rings is 3. The molecule has 0 aliphatic carbocycles. The molecule has 6 aromatic rings. The Morgan fingerprint density at radius 3 is 2.30 bits per heavy atom. The van der Waals surface area contributed by atoms with Crippen LogP contribution in [0.4, 0.5) is 0 Å². The van der Waals surface area contributed by atoms with E-state index < -0.39 is 0 Å². The molecule has 3 aromatic heterocycles. The van der Waals surface area contributed by atoms with Crippen molar-refractivity contribution in [3.8, 4) is 11.5 Å². The zero-order valence-electron chi connectivity index (χ0n) is 20.2. The molecule has 0 unspecified atom stereocenters. The highest BCUT2D eigenvalue weighted by Crippen LogP contribution is 2.34. The Hall–Kier alpha value is -4.72. The van der Waals surface area contributed by atoms with Gasteiger partial charge in [-0.3, -0.25) is 9.36 Å². The summed E-state index contributed by atoms with van der Waals surface area (Å²) in [7, 11) is 0. The van der Waals surface area contributed by atoms with Gasteiger partial charge in [-0.2, -0.15) is 0 Å². The fourth-order valence-corrected chi connectivity index (χ4v) is 5.01. The number of para-hydroxylation sites is 2. The fourth-order valence-electron chi connectivity index (χ4n) is 5.01. The lowest BCUT2D eigenvalue weighted by Gasteiger charge is -2.13. The second kappa shape index (κ2) is 8.44. The molecule has 7 rings (SSSR count). The number of nitrogens with zero attached hydrogens (tertiary/aromatic N) is 5. The summed E-state index contributed by atoms with van der Waals surface area (Å²) < 4.78 is 14.8. The third-order valence-corrected chi connectivity index (χ3v) is 6.81. The smallest absolute Gasteiger partial charge is 0.265 e. The van der Waals surface area contributed by atoms with Gasteiger partial charge in [0.25, 0.3) is 5.56 Å². The quantitative estimate of drug-likeness (QED) is 0.350. The second-order valence-corrected chi connectivity index (χ2v) is 9.12. The third-order valence-electron chi connectivity index (χ3n) is 6.81. The summed E-state index contributed by atoms with van der Waals surface area (Å²) in [6.45, 7) is 3.14. The summed E-state index contributed by atoms with van der Waals surface area (Å²) in [4.78, 5) is 29.0. The van der Waals surface area contributed by atoms with Gasteiger partial charge in [-0.15, -0.1) is 0 Å². The van der Waals surface area contributed by atoms with Gasteiger partial charge in [0.2, 0.25) is 6.79 Å². The monoisotopic (exact) mass is 489 g/mol. The molecular weight excluding hydrogens is 466 g/mol. The van der Waals surface area contributed by atoms with Gasteiger partial charge in [0.15, 0.2) is 22.8 Å². The third kappa shape index (κ3) is 3.52. The average molecular weight is 490 g/mol. The number of aryl methyl sites for hydroxylation is 1. The Labute approximate surface area is 211 Å². The molecule has 8 heteroatoms. The molecule has 0 atom stereocenters. The van der Waals surface area contributed by atoms with Gasteiger partial charge in [-0.1, -0.05) is 55.5 Å². The highest BCUT2D eigenvalue weighted by atomic mass is 16.7. The summed E-state index contributed by atoms with van der Waals surface area (Å²) in [6, 6.07) is 23.6. The highest BCUT2D eigenvalue weighted by molar-refractivity contribution is 6.04. The minimum Gasteiger partial charge on any atom is -0.454 e. The van der Waals surface area contributed by atoms with Crippen LogP contribution >= 0.6 is 0 Å². The Morgan fingerprint density at radius 1 is 0.757 bits per heavy atom. The molecule has 0 amide bonds. The van der Waals surface area contributed by atoms with Crippen molar-refractivity contribution in [2.24, 2.45) is 0 Å². The number of ether oxygens (including phenoxy) is 2. The van der Waals surface area contributed by atoms with Crippen LogP contribution in [-0.4, -0.2) is 30.9 Å². The highest BCUT2D eigenvalue weighted by Gasteiger charge is 2.23. The van der Waals surface area contributed by atoms with E-state index in [4.69, 9.17) is 24.4 Å². The molecule has 0 radical (unpaired) electrons. The number of hydrogen-bond acceptors (Lipinski definition) is 6. The van der Waals surface area contributed by atoms with Crippen LogP contribution in [0.15, 0.2) is 77.6 Å². The lowest BCUT2D eigenvalue weighted by Crippen LogP contribution is -2.26. The van der Waals surface area contributed by atoms with Gasteiger partial charge < -0.3 is 14.0 Å². The van der Waals surface area contributed by atoms with Crippen LogP contribution in [0.5, 0.6) is 11.5 Å². The minimum atomic E-state index is -0.107. The molecule has 4 heterocycles. The van der Waals surface area contributed by atoms with Crippen LogP contribution in [0.2, 0.25) is 0 Å². The standard InChI is InChI=1S/C29H23N5O3/c1-2-24-32-27-25(29(35)33(24)15-18-8-4-3-5-9-18)26-28(31-21-11-7-6-10-20(21)30-26)34(27)16-19-12-13-22-23(14-19)37-17-36-22/h3-14H,2,15-17H2,1H3. The van der Waals surface area contributed by atoms with E-state index >= 15 is 0 Å². The molecule has 0 fully saturated rings. The molecule has 0 bridgehead atoms. The molecule has 0 saturated heterocycles. The first-order chi connectivity index (χ1) is 18.2. The normalized spacial score (nSPS) is 12.7. The van der Waals surface area contributed by atoms with Crippen molar-refractivity contribution in [3.63, 3.8) is 0 Å². The number of aromatic nitrogens is 5. The van der Waals surface area contributed by atoms with Gasteiger partial charge in [-0.05, 0) is 35.4 Å². The van der Waals surface area contributed by atoms with Gasteiger partial charge in [0, 0.05) is 6.42 Å². The van der Waals surface area contributed by atoms with Crippen LogP contribution < -0.4 is 15.0 Å². The summed E-state index contributed by atoms with van der Waals surface area (Å²) in [5.41, 5.74) is 5.23. The maximum atomic E-state index is 14.1. The Kier molecular flexibility index (Phi) is 4.92. The second-order valence-electron chi connectivity index (χ2n) is 9.12. The molecule has 1 aliphatic rings. The summed E-state index contributed by atoms with van der Waals surface area (Å²) >= 11 is 0. The Balaban J connectivity index is 1.50.